The third kappa shape index (κ3) is 5.64. The first-order valence-electron chi connectivity index (χ1n) is 9.95. The Morgan fingerprint density at radius 3 is 2.38 bits per heavy atom. The molecule has 0 radical (unpaired) electrons. The van der Waals surface area contributed by atoms with Crippen molar-refractivity contribution in [1.82, 2.24) is 10.2 Å². The summed E-state index contributed by atoms with van der Waals surface area (Å²) in [6.07, 6.45) is 0.865. The Labute approximate surface area is 195 Å². The fourth-order valence-corrected chi connectivity index (χ4v) is 4.50. The van der Waals surface area contributed by atoms with Crippen molar-refractivity contribution in [3.63, 3.8) is 0 Å². The van der Waals surface area contributed by atoms with E-state index in [0.717, 1.165) is 13.0 Å². The van der Waals surface area contributed by atoms with E-state index in [2.05, 4.69) is 15.5 Å². The number of rotatable bonds is 8. The standard InChI is InChI=1S/C23H24ClN3O4S/c1-27(2)12-4-11-25-21(28)14-5-8-16(9-6-14)26-22(29)20-19(24)17-10-7-15(23(30)31-3)13-18(17)32-20/h5-10,13H,4,11-12H2,1-3H3,(H,25,28)(H,26,29). The number of benzene rings is 2. The van der Waals surface area contributed by atoms with Crippen molar-refractivity contribution in [2.45, 2.75) is 6.42 Å². The first-order chi connectivity index (χ1) is 15.3. The summed E-state index contributed by atoms with van der Waals surface area (Å²) in [7, 11) is 5.29. The van der Waals surface area contributed by atoms with Crippen LogP contribution in [0, 0.1) is 0 Å². The zero-order valence-electron chi connectivity index (χ0n) is 18.0. The van der Waals surface area contributed by atoms with Crippen LogP contribution in [0.5, 0.6) is 0 Å². The first kappa shape index (κ1) is 23.7. The van der Waals surface area contributed by atoms with Crippen LogP contribution in [0.25, 0.3) is 10.1 Å². The van der Waals surface area contributed by atoms with Gasteiger partial charge < -0.3 is 20.3 Å². The molecule has 32 heavy (non-hydrogen) atoms. The highest BCUT2D eigenvalue weighted by molar-refractivity contribution is 7.21. The van der Waals surface area contributed by atoms with Gasteiger partial charge >= 0.3 is 5.97 Å². The fraction of sp³-hybridized carbons (Fsp3) is 0.261. The van der Waals surface area contributed by atoms with Gasteiger partial charge in [-0.2, -0.15) is 0 Å². The van der Waals surface area contributed by atoms with Crippen LogP contribution in [0.2, 0.25) is 5.02 Å². The number of ether oxygens (including phenoxy) is 1. The molecular formula is C23H24ClN3O4S. The molecular weight excluding hydrogens is 450 g/mol. The smallest absolute Gasteiger partial charge is 0.337 e. The van der Waals surface area contributed by atoms with E-state index in [0.29, 0.717) is 43.3 Å². The number of nitrogens with one attached hydrogen (secondary N) is 2. The van der Waals surface area contributed by atoms with Gasteiger partial charge in [0.2, 0.25) is 0 Å². The number of methoxy groups -OCH3 is 1. The van der Waals surface area contributed by atoms with Crippen LogP contribution in [-0.2, 0) is 4.74 Å². The summed E-state index contributed by atoms with van der Waals surface area (Å²) >= 11 is 7.60. The zero-order valence-corrected chi connectivity index (χ0v) is 19.6. The van der Waals surface area contributed by atoms with E-state index in [1.807, 2.05) is 14.1 Å². The molecule has 3 rings (SSSR count). The number of hydrogen-bond donors (Lipinski definition) is 2. The third-order valence-electron chi connectivity index (χ3n) is 4.73. The average Bonchev–Trinajstić information content (AvgIpc) is 3.12. The summed E-state index contributed by atoms with van der Waals surface area (Å²) in [5.41, 5.74) is 1.45. The second-order valence-electron chi connectivity index (χ2n) is 7.39. The molecule has 0 aliphatic carbocycles. The van der Waals surface area contributed by atoms with Crippen molar-refractivity contribution >= 4 is 56.5 Å². The van der Waals surface area contributed by atoms with Crippen LogP contribution in [0.15, 0.2) is 42.5 Å². The molecule has 0 bridgehead atoms. The van der Waals surface area contributed by atoms with Gasteiger partial charge in [-0.05, 0) is 63.5 Å². The van der Waals surface area contributed by atoms with E-state index in [1.54, 1.807) is 42.5 Å². The number of carbonyl (C=O) groups is 3. The predicted molar refractivity (Wildman–Crippen MR) is 128 cm³/mol. The molecule has 0 unspecified atom stereocenters. The molecule has 1 heterocycles. The average molecular weight is 474 g/mol. The molecule has 2 amide bonds. The number of fused-ring (bicyclic) bond motifs is 1. The molecule has 7 nitrogen and oxygen atoms in total. The van der Waals surface area contributed by atoms with Crippen LogP contribution in [0.3, 0.4) is 0 Å². The number of carbonyl (C=O) groups excluding carboxylic acids is 3. The number of hydrogen-bond acceptors (Lipinski definition) is 6. The SMILES string of the molecule is COC(=O)c1ccc2c(Cl)c(C(=O)Nc3ccc(C(=O)NCCCN(C)C)cc3)sc2c1. The van der Waals surface area contributed by atoms with E-state index < -0.39 is 5.97 Å². The van der Waals surface area contributed by atoms with Crippen LogP contribution in [-0.4, -0.2) is 57.0 Å². The van der Waals surface area contributed by atoms with E-state index >= 15 is 0 Å². The van der Waals surface area contributed by atoms with Gasteiger partial charge in [-0.3, -0.25) is 9.59 Å². The lowest BCUT2D eigenvalue weighted by molar-refractivity contribution is 0.0600. The normalized spacial score (nSPS) is 10.9. The minimum absolute atomic E-state index is 0.157. The van der Waals surface area contributed by atoms with Gasteiger partial charge in [-0.15, -0.1) is 11.3 Å². The molecule has 0 saturated heterocycles. The molecule has 3 aromatic rings. The maximum atomic E-state index is 12.8. The summed E-state index contributed by atoms with van der Waals surface area (Å²) in [4.78, 5) is 39.1. The molecule has 0 aliphatic heterocycles. The van der Waals surface area contributed by atoms with E-state index in [1.165, 1.54) is 18.4 Å². The first-order valence-corrected chi connectivity index (χ1v) is 11.1. The van der Waals surface area contributed by atoms with Crippen LogP contribution >= 0.6 is 22.9 Å². The van der Waals surface area contributed by atoms with Gasteiger partial charge in [-0.25, -0.2) is 4.79 Å². The molecule has 0 saturated carbocycles. The molecule has 168 valence electrons. The molecule has 0 fully saturated rings. The second-order valence-corrected chi connectivity index (χ2v) is 8.82. The molecule has 0 atom stereocenters. The number of anilines is 1. The van der Waals surface area contributed by atoms with Gasteiger partial charge in [0, 0.05) is 27.9 Å². The molecule has 0 aliphatic rings. The number of amides is 2. The highest BCUT2D eigenvalue weighted by Gasteiger charge is 2.19. The van der Waals surface area contributed by atoms with Crippen LogP contribution in [0.1, 0.15) is 36.8 Å². The van der Waals surface area contributed by atoms with Crippen LogP contribution < -0.4 is 10.6 Å². The zero-order chi connectivity index (χ0) is 23.3. The van der Waals surface area contributed by atoms with Crippen molar-refractivity contribution in [2.75, 3.05) is 39.6 Å². The summed E-state index contributed by atoms with van der Waals surface area (Å²) in [6, 6.07) is 11.6. The number of halogens is 1. The van der Waals surface area contributed by atoms with E-state index in [-0.39, 0.29) is 11.8 Å². The van der Waals surface area contributed by atoms with Gasteiger partial charge in [0.1, 0.15) is 4.88 Å². The molecule has 9 heteroatoms. The van der Waals surface area contributed by atoms with Gasteiger partial charge in [-0.1, -0.05) is 17.7 Å². The van der Waals surface area contributed by atoms with Crippen molar-refractivity contribution in [3.8, 4) is 0 Å². The summed E-state index contributed by atoms with van der Waals surface area (Å²) in [5, 5.41) is 6.69. The minimum atomic E-state index is -0.454. The van der Waals surface area contributed by atoms with Crippen molar-refractivity contribution in [3.05, 3.63) is 63.5 Å². The van der Waals surface area contributed by atoms with Gasteiger partial charge in [0.15, 0.2) is 0 Å². The van der Waals surface area contributed by atoms with Gasteiger partial charge in [0.25, 0.3) is 11.8 Å². The van der Waals surface area contributed by atoms with Gasteiger partial charge in [0.05, 0.1) is 17.7 Å². The molecule has 1 aromatic heterocycles. The molecule has 2 aromatic carbocycles. The third-order valence-corrected chi connectivity index (χ3v) is 6.39. The summed E-state index contributed by atoms with van der Waals surface area (Å²) in [6.45, 7) is 1.49. The fourth-order valence-electron chi connectivity index (χ4n) is 3.05. The highest BCUT2D eigenvalue weighted by Crippen LogP contribution is 2.36. The monoisotopic (exact) mass is 473 g/mol. The number of nitrogens with zero attached hydrogens (tertiary/aromatic N) is 1. The Bertz CT molecular complexity index is 1140. The van der Waals surface area contributed by atoms with E-state index in [4.69, 9.17) is 16.3 Å². The maximum absolute atomic E-state index is 12.8. The van der Waals surface area contributed by atoms with Crippen molar-refractivity contribution in [1.29, 1.82) is 0 Å². The quantitative estimate of drug-likeness (QED) is 0.376. The van der Waals surface area contributed by atoms with E-state index in [9.17, 15) is 14.4 Å². The maximum Gasteiger partial charge on any atom is 0.337 e. The topological polar surface area (TPSA) is 87.7 Å². The van der Waals surface area contributed by atoms with Crippen molar-refractivity contribution < 1.29 is 19.1 Å². The summed E-state index contributed by atoms with van der Waals surface area (Å²) < 4.78 is 5.45. The Hall–Kier alpha value is -2.94. The lowest BCUT2D eigenvalue weighted by Crippen LogP contribution is -2.27. The molecule has 2 N–H and O–H groups in total. The highest BCUT2D eigenvalue weighted by atomic mass is 35.5. The largest absolute Gasteiger partial charge is 0.465 e. The number of esters is 1. The Morgan fingerprint density at radius 2 is 1.72 bits per heavy atom. The Morgan fingerprint density at radius 1 is 1.03 bits per heavy atom. The van der Waals surface area contributed by atoms with Crippen LogP contribution in [0.4, 0.5) is 5.69 Å². The number of thiophene rings is 1. The predicted octanol–water partition coefficient (Wildman–Crippen LogP) is 4.28. The van der Waals surface area contributed by atoms with Crippen molar-refractivity contribution in [2.24, 2.45) is 0 Å². The Kier molecular flexibility index (Phi) is 7.84. The molecule has 0 spiro atoms. The minimum Gasteiger partial charge on any atom is -0.465 e. The summed E-state index contributed by atoms with van der Waals surface area (Å²) in [5.74, 6) is -0.975. The lowest BCUT2D eigenvalue weighted by Gasteiger charge is -2.10. The Balaban J connectivity index is 1.66. The second kappa shape index (κ2) is 10.6. The lowest BCUT2D eigenvalue weighted by atomic mass is 10.1.